The molecule has 332 valence electrons. The van der Waals surface area contributed by atoms with E-state index in [4.69, 9.17) is 19.4 Å². The number of rotatable bonds is 11. The Morgan fingerprint density at radius 1 is 0.522 bits per heavy atom. The summed E-state index contributed by atoms with van der Waals surface area (Å²) < 4.78 is 11.8. The van der Waals surface area contributed by atoms with Crippen LogP contribution in [0.3, 0.4) is 0 Å². The number of aromatic nitrogens is 4. The van der Waals surface area contributed by atoms with Gasteiger partial charge in [-0.1, -0.05) is 106 Å². The molecule has 7 aromatic rings. The van der Waals surface area contributed by atoms with Gasteiger partial charge >= 0.3 is 0 Å². The van der Waals surface area contributed by atoms with Gasteiger partial charge in [-0.05, 0) is 146 Å². The first-order valence-corrected chi connectivity index (χ1v) is 26.7. The number of hydrogen-bond donors (Lipinski definition) is 2. The maximum atomic E-state index is 6.21. The second-order valence-corrected chi connectivity index (χ2v) is 23.3. The van der Waals surface area contributed by atoms with Crippen LogP contribution in [-0.2, 0) is 19.5 Å². The van der Waals surface area contributed by atoms with Crippen molar-refractivity contribution >= 4 is 54.4 Å². The van der Waals surface area contributed by atoms with Crippen molar-refractivity contribution in [1.82, 2.24) is 19.9 Å². The molecule has 2 aliphatic heterocycles. The van der Waals surface area contributed by atoms with E-state index in [9.17, 15) is 0 Å². The van der Waals surface area contributed by atoms with Crippen LogP contribution >= 0.6 is 0 Å². The van der Waals surface area contributed by atoms with Crippen molar-refractivity contribution in [3.05, 3.63) is 154 Å². The Labute approximate surface area is 409 Å². The van der Waals surface area contributed by atoms with Gasteiger partial charge in [-0.25, -0.2) is 9.97 Å². The summed E-state index contributed by atoms with van der Waals surface area (Å²) in [6.07, 6.45) is 13.3. The molecule has 67 heavy (non-hydrogen) atoms. The molecule has 0 radical (unpaired) electrons. The number of methoxy groups -OCH3 is 1. The molecule has 0 unspecified atom stereocenters. The number of aryl methyl sites for hydroxylation is 3. The topological polar surface area (TPSA) is 75.8 Å². The number of fused-ring (bicyclic) bond motifs is 8. The molecule has 0 fully saturated rings. The normalized spacial score (nSPS) is 11.8. The standard InChI is InChI=1S/C59H58N4O2Si.Zn/c1-9-10-11-12-34-65-46-23-19-44(20-24-46)58-49-26-25-47(60-49)56(42-15-13-41(14-16-42)33-35-66(6,7)8)51-29-31-53(62-51)59(55-39(3)36-38(2)37-40(55)4)54-32-30-52(63-54)57(48-27-28-50(58)61-48)43-17-21-45(64-5)22-18-43;/h13-32,36-37,60,63H,9-12,34H2,1-8H3;. The number of nitrogens with zero attached hydrogens (tertiary/aromatic N) is 2. The Hall–Kier alpha value is -6.52. The number of aromatic amines is 2. The zero-order chi connectivity index (χ0) is 46.0. The van der Waals surface area contributed by atoms with Crippen molar-refractivity contribution in [3.63, 3.8) is 0 Å². The van der Waals surface area contributed by atoms with E-state index in [1.165, 1.54) is 41.5 Å². The molecule has 0 spiro atoms. The Morgan fingerprint density at radius 2 is 0.955 bits per heavy atom. The SMILES string of the molecule is CCCCCCOc1ccc(-c2c3nc(c(-c4ccc(OC)cc4)c4ccc([nH]4)c(-c4c(C)cc(C)cc4C)c4nc(c(-c5ccc(C#C[Si](C)(C)C)cc5)c5ccc2[nH]5)C=C4)C=C3)cc1.[Zn]. The van der Waals surface area contributed by atoms with Crippen LogP contribution < -0.4 is 9.47 Å². The first kappa shape index (κ1) is 47.0. The van der Waals surface area contributed by atoms with Crippen LogP contribution in [0.2, 0.25) is 19.6 Å². The monoisotopic (exact) mass is 946 g/mol. The zero-order valence-corrected chi connectivity index (χ0v) is 44.1. The first-order valence-electron chi connectivity index (χ1n) is 23.2. The van der Waals surface area contributed by atoms with Crippen LogP contribution in [0.4, 0.5) is 0 Å². The van der Waals surface area contributed by atoms with E-state index in [1.807, 2.05) is 12.1 Å². The number of unbranched alkanes of at least 4 members (excludes halogenated alkanes) is 3. The Morgan fingerprint density at radius 3 is 1.40 bits per heavy atom. The minimum atomic E-state index is -1.56. The molecule has 8 bridgehead atoms. The summed E-state index contributed by atoms with van der Waals surface area (Å²) >= 11 is 0. The first-order chi connectivity index (χ1) is 32.0. The average molecular weight is 949 g/mol. The van der Waals surface area contributed by atoms with Gasteiger partial charge in [0.2, 0.25) is 0 Å². The molecule has 4 aromatic carbocycles. The molecule has 2 N–H and O–H groups in total. The molecular formula is C59H58N4O2SiZn. The minimum Gasteiger partial charge on any atom is -0.497 e. The van der Waals surface area contributed by atoms with Gasteiger partial charge in [0.1, 0.15) is 19.6 Å². The van der Waals surface area contributed by atoms with Gasteiger partial charge in [0, 0.05) is 69.4 Å². The van der Waals surface area contributed by atoms with E-state index in [1.54, 1.807) is 7.11 Å². The largest absolute Gasteiger partial charge is 0.497 e. The quantitative estimate of drug-likeness (QED) is 0.0769. The van der Waals surface area contributed by atoms with E-state index < -0.39 is 8.07 Å². The van der Waals surface area contributed by atoms with Gasteiger partial charge in [-0.2, -0.15) is 0 Å². The van der Waals surface area contributed by atoms with Gasteiger partial charge in [0.05, 0.1) is 36.5 Å². The Kier molecular flexibility index (Phi) is 14.1. The second-order valence-electron chi connectivity index (χ2n) is 18.5. The molecule has 0 aliphatic carbocycles. The number of H-pyrrole nitrogens is 2. The van der Waals surface area contributed by atoms with Crippen molar-refractivity contribution in [1.29, 1.82) is 0 Å². The van der Waals surface area contributed by atoms with E-state index in [0.717, 1.165) is 107 Å². The fraction of sp³-hybridized carbons (Fsp3) is 0.220. The summed E-state index contributed by atoms with van der Waals surface area (Å²) in [6, 6.07) is 38.6. The van der Waals surface area contributed by atoms with Gasteiger partial charge in [-0.3, -0.25) is 0 Å². The number of benzene rings is 4. The smallest absolute Gasteiger partial charge is 0.129 e. The van der Waals surface area contributed by atoms with E-state index in [0.29, 0.717) is 6.61 Å². The summed E-state index contributed by atoms with van der Waals surface area (Å²) in [5.41, 5.74) is 23.8. The molecule has 0 saturated carbocycles. The summed E-state index contributed by atoms with van der Waals surface area (Å²) in [5, 5.41) is 0. The van der Waals surface area contributed by atoms with Crippen LogP contribution in [0.15, 0.2) is 109 Å². The van der Waals surface area contributed by atoms with Crippen molar-refractivity contribution in [2.45, 2.75) is 73.0 Å². The van der Waals surface area contributed by atoms with Crippen LogP contribution in [0, 0.1) is 32.2 Å². The van der Waals surface area contributed by atoms with Crippen LogP contribution in [-0.4, -0.2) is 41.7 Å². The van der Waals surface area contributed by atoms with Crippen LogP contribution in [0.1, 0.15) is 77.6 Å². The van der Waals surface area contributed by atoms with Gasteiger partial charge < -0.3 is 19.4 Å². The minimum absolute atomic E-state index is 0. The number of nitrogens with one attached hydrogen (secondary N) is 2. The third kappa shape index (κ3) is 10.2. The van der Waals surface area contributed by atoms with Gasteiger partial charge in [0.15, 0.2) is 0 Å². The third-order valence-corrected chi connectivity index (χ3v) is 13.1. The summed E-state index contributed by atoms with van der Waals surface area (Å²) in [7, 11) is 0.142. The van der Waals surface area contributed by atoms with E-state index in [2.05, 4.69) is 190 Å². The van der Waals surface area contributed by atoms with Crippen LogP contribution in [0.5, 0.6) is 11.5 Å². The molecule has 0 amide bonds. The van der Waals surface area contributed by atoms with E-state index in [-0.39, 0.29) is 19.5 Å². The fourth-order valence-corrected chi connectivity index (χ4v) is 9.65. The Balaban J connectivity index is 0.00000608. The molecule has 0 saturated heterocycles. The average Bonchev–Trinajstić information content (AvgIpc) is 4.15. The zero-order valence-electron chi connectivity index (χ0n) is 40.2. The molecule has 0 atom stereocenters. The fourth-order valence-electron chi connectivity index (χ4n) is 9.13. The summed E-state index contributed by atoms with van der Waals surface area (Å²) in [5.74, 6) is 5.11. The molecule has 6 nitrogen and oxygen atoms in total. The predicted molar refractivity (Wildman–Crippen MR) is 281 cm³/mol. The van der Waals surface area contributed by atoms with E-state index >= 15 is 0 Å². The van der Waals surface area contributed by atoms with Gasteiger partial charge in [-0.15, -0.1) is 5.54 Å². The molecule has 9 rings (SSSR count). The molecule has 3 aromatic heterocycles. The molecular weight excluding hydrogens is 890 g/mol. The van der Waals surface area contributed by atoms with Crippen molar-refractivity contribution in [3.8, 4) is 67.5 Å². The summed E-state index contributed by atoms with van der Waals surface area (Å²) in [4.78, 5) is 18.9. The molecule has 8 heteroatoms. The molecule has 2 aliphatic rings. The third-order valence-electron chi connectivity index (χ3n) is 12.2. The predicted octanol–water partition coefficient (Wildman–Crippen LogP) is 15.4. The van der Waals surface area contributed by atoms with Crippen molar-refractivity contribution in [2.24, 2.45) is 0 Å². The van der Waals surface area contributed by atoms with Crippen LogP contribution in [0.25, 0.3) is 90.9 Å². The second kappa shape index (κ2) is 20.1. The maximum absolute atomic E-state index is 6.21. The van der Waals surface area contributed by atoms with Crippen molar-refractivity contribution < 1.29 is 29.0 Å². The maximum Gasteiger partial charge on any atom is 0.129 e. The van der Waals surface area contributed by atoms with Gasteiger partial charge in [0.25, 0.3) is 0 Å². The number of ether oxygens (including phenoxy) is 2. The Bertz CT molecular complexity index is 3230. The van der Waals surface area contributed by atoms with Crippen molar-refractivity contribution in [2.75, 3.05) is 13.7 Å². The number of hydrogen-bond acceptors (Lipinski definition) is 4. The summed E-state index contributed by atoms with van der Waals surface area (Å²) in [6.45, 7) is 16.3. The molecule has 5 heterocycles.